The maximum Gasteiger partial charge on any atom is 0.339 e. The van der Waals surface area contributed by atoms with E-state index in [-0.39, 0.29) is 5.56 Å². The molecule has 0 bridgehead atoms. The smallest absolute Gasteiger partial charge is 0.339 e. The van der Waals surface area contributed by atoms with Crippen molar-refractivity contribution in [1.29, 1.82) is 0 Å². The molecule has 1 saturated carbocycles. The van der Waals surface area contributed by atoms with E-state index >= 15 is 0 Å². The Hall–Kier alpha value is -1.55. The minimum atomic E-state index is -0.947. The van der Waals surface area contributed by atoms with Crippen molar-refractivity contribution in [3.05, 3.63) is 29.3 Å². The summed E-state index contributed by atoms with van der Waals surface area (Å²) in [6.45, 7) is 0.787. The van der Waals surface area contributed by atoms with Crippen LogP contribution in [0.15, 0.2) is 18.2 Å². The second-order valence-corrected chi connectivity index (χ2v) is 4.49. The standard InChI is InChI=1S/C13H17NO3/c1-14(10-4-5-10)8-9-3-6-12(17-2)11(7-9)13(15)16/h3,6-7,10H,4-5,8H2,1-2H3,(H,15,16). The third kappa shape index (κ3) is 2.77. The molecule has 1 aromatic carbocycles. The van der Waals surface area contributed by atoms with Gasteiger partial charge in [0.15, 0.2) is 0 Å². The molecule has 0 atom stereocenters. The number of carbonyl (C=O) groups is 1. The highest BCUT2D eigenvalue weighted by Gasteiger charge is 2.26. The fraction of sp³-hybridized carbons (Fsp3) is 0.462. The Bertz CT molecular complexity index is 427. The van der Waals surface area contributed by atoms with Crippen molar-refractivity contribution in [2.24, 2.45) is 0 Å². The molecule has 0 unspecified atom stereocenters. The highest BCUT2D eigenvalue weighted by Crippen LogP contribution is 2.27. The lowest BCUT2D eigenvalue weighted by molar-refractivity contribution is 0.0693. The Morgan fingerprint density at radius 3 is 2.76 bits per heavy atom. The van der Waals surface area contributed by atoms with Crippen molar-refractivity contribution < 1.29 is 14.6 Å². The van der Waals surface area contributed by atoms with Crippen LogP contribution in [0.25, 0.3) is 0 Å². The van der Waals surface area contributed by atoms with Crippen LogP contribution in [-0.2, 0) is 6.54 Å². The average Bonchev–Trinajstić information content (AvgIpc) is 3.12. The highest BCUT2D eigenvalue weighted by molar-refractivity contribution is 5.91. The molecule has 4 nitrogen and oxygen atoms in total. The van der Waals surface area contributed by atoms with Gasteiger partial charge in [0.2, 0.25) is 0 Å². The summed E-state index contributed by atoms with van der Waals surface area (Å²) < 4.78 is 5.03. The average molecular weight is 235 g/mol. The van der Waals surface area contributed by atoms with Crippen LogP contribution in [0.2, 0.25) is 0 Å². The number of methoxy groups -OCH3 is 1. The predicted molar refractivity (Wildman–Crippen MR) is 64.4 cm³/mol. The number of carboxylic acid groups (broad SMARTS) is 1. The maximum absolute atomic E-state index is 11.1. The molecule has 1 N–H and O–H groups in total. The van der Waals surface area contributed by atoms with Gasteiger partial charge in [0, 0.05) is 12.6 Å². The third-order valence-electron chi connectivity index (χ3n) is 3.10. The molecule has 2 rings (SSSR count). The Labute approximate surface area is 101 Å². The third-order valence-corrected chi connectivity index (χ3v) is 3.10. The summed E-state index contributed by atoms with van der Waals surface area (Å²) in [4.78, 5) is 13.3. The van der Waals surface area contributed by atoms with Crippen molar-refractivity contribution in [2.75, 3.05) is 14.2 Å². The van der Waals surface area contributed by atoms with Gasteiger partial charge in [-0.25, -0.2) is 4.79 Å². The summed E-state index contributed by atoms with van der Waals surface area (Å²) >= 11 is 0. The van der Waals surface area contributed by atoms with Gasteiger partial charge in [0.25, 0.3) is 0 Å². The lowest BCUT2D eigenvalue weighted by Crippen LogP contribution is -2.20. The van der Waals surface area contributed by atoms with E-state index in [9.17, 15) is 4.79 Å². The van der Waals surface area contributed by atoms with Gasteiger partial charge in [0.05, 0.1) is 7.11 Å². The summed E-state index contributed by atoms with van der Waals surface area (Å²) in [6, 6.07) is 6.01. The maximum atomic E-state index is 11.1. The molecule has 1 aliphatic rings. The first-order chi connectivity index (χ1) is 8.11. The number of ether oxygens (including phenoxy) is 1. The number of nitrogens with zero attached hydrogens (tertiary/aromatic N) is 1. The first-order valence-corrected chi connectivity index (χ1v) is 5.72. The molecule has 0 aliphatic heterocycles. The number of benzene rings is 1. The number of hydrogen-bond donors (Lipinski definition) is 1. The molecule has 4 heteroatoms. The van der Waals surface area contributed by atoms with Gasteiger partial charge in [-0.1, -0.05) is 6.07 Å². The van der Waals surface area contributed by atoms with Crippen LogP contribution in [0, 0.1) is 0 Å². The molecule has 0 heterocycles. The largest absolute Gasteiger partial charge is 0.496 e. The van der Waals surface area contributed by atoms with Crippen LogP contribution in [0.4, 0.5) is 0 Å². The van der Waals surface area contributed by atoms with Gasteiger partial charge in [0.1, 0.15) is 11.3 Å². The van der Waals surface area contributed by atoms with Gasteiger partial charge in [-0.15, -0.1) is 0 Å². The molecule has 1 aliphatic carbocycles. The summed E-state index contributed by atoms with van der Waals surface area (Å²) in [5.74, 6) is -0.534. The molecular formula is C13H17NO3. The lowest BCUT2D eigenvalue weighted by Gasteiger charge is -2.16. The molecule has 1 aromatic rings. The normalized spacial score (nSPS) is 15.0. The molecule has 0 aromatic heterocycles. The van der Waals surface area contributed by atoms with E-state index in [2.05, 4.69) is 11.9 Å². The van der Waals surface area contributed by atoms with E-state index in [1.54, 1.807) is 12.1 Å². The van der Waals surface area contributed by atoms with E-state index in [0.717, 1.165) is 12.1 Å². The Morgan fingerprint density at radius 2 is 2.24 bits per heavy atom. The first-order valence-electron chi connectivity index (χ1n) is 5.72. The zero-order valence-corrected chi connectivity index (χ0v) is 10.1. The number of rotatable bonds is 5. The number of carboxylic acids is 1. The number of aromatic carboxylic acids is 1. The van der Waals surface area contributed by atoms with Gasteiger partial charge >= 0.3 is 5.97 Å². The van der Waals surface area contributed by atoms with E-state index in [1.165, 1.54) is 20.0 Å². The van der Waals surface area contributed by atoms with Crippen molar-refractivity contribution in [3.8, 4) is 5.75 Å². The first kappa shape index (κ1) is 11.9. The molecule has 0 amide bonds. The van der Waals surface area contributed by atoms with Gasteiger partial charge in [-0.2, -0.15) is 0 Å². The predicted octanol–water partition coefficient (Wildman–Crippen LogP) is 1.99. The lowest BCUT2D eigenvalue weighted by atomic mass is 10.1. The molecule has 92 valence electrons. The molecule has 1 fully saturated rings. The van der Waals surface area contributed by atoms with Crippen molar-refractivity contribution in [1.82, 2.24) is 4.90 Å². The number of hydrogen-bond acceptors (Lipinski definition) is 3. The Kier molecular flexibility index (Phi) is 3.33. The molecule has 17 heavy (non-hydrogen) atoms. The van der Waals surface area contributed by atoms with E-state index in [4.69, 9.17) is 9.84 Å². The second kappa shape index (κ2) is 4.75. The molecule has 0 saturated heterocycles. The second-order valence-electron chi connectivity index (χ2n) is 4.49. The zero-order chi connectivity index (χ0) is 12.4. The topological polar surface area (TPSA) is 49.8 Å². The van der Waals surface area contributed by atoms with Crippen LogP contribution < -0.4 is 4.74 Å². The van der Waals surface area contributed by atoms with Gasteiger partial charge < -0.3 is 9.84 Å². The van der Waals surface area contributed by atoms with E-state index in [0.29, 0.717) is 11.8 Å². The molecule has 0 radical (unpaired) electrons. The van der Waals surface area contributed by atoms with Crippen molar-refractivity contribution >= 4 is 5.97 Å². The Balaban J connectivity index is 2.17. The fourth-order valence-electron chi connectivity index (χ4n) is 1.95. The SMILES string of the molecule is COc1ccc(CN(C)C2CC2)cc1C(=O)O. The summed E-state index contributed by atoms with van der Waals surface area (Å²) in [5.41, 5.74) is 1.24. The van der Waals surface area contributed by atoms with E-state index < -0.39 is 5.97 Å². The molecule has 0 spiro atoms. The van der Waals surface area contributed by atoms with Crippen molar-refractivity contribution in [3.63, 3.8) is 0 Å². The van der Waals surface area contributed by atoms with Crippen molar-refractivity contribution in [2.45, 2.75) is 25.4 Å². The Morgan fingerprint density at radius 1 is 1.53 bits per heavy atom. The highest BCUT2D eigenvalue weighted by atomic mass is 16.5. The minimum Gasteiger partial charge on any atom is -0.496 e. The van der Waals surface area contributed by atoms with Crippen LogP contribution in [0.3, 0.4) is 0 Å². The van der Waals surface area contributed by atoms with Gasteiger partial charge in [-0.05, 0) is 37.6 Å². The van der Waals surface area contributed by atoms with Crippen LogP contribution in [0.5, 0.6) is 5.75 Å². The van der Waals surface area contributed by atoms with E-state index in [1.807, 2.05) is 6.07 Å². The quantitative estimate of drug-likeness (QED) is 0.848. The van der Waals surface area contributed by atoms with Crippen LogP contribution in [-0.4, -0.2) is 36.2 Å². The van der Waals surface area contributed by atoms with Crippen LogP contribution >= 0.6 is 0 Å². The van der Waals surface area contributed by atoms with Gasteiger partial charge in [-0.3, -0.25) is 4.90 Å². The summed E-state index contributed by atoms with van der Waals surface area (Å²) in [7, 11) is 3.56. The zero-order valence-electron chi connectivity index (χ0n) is 10.1. The minimum absolute atomic E-state index is 0.231. The summed E-state index contributed by atoms with van der Waals surface area (Å²) in [5, 5.41) is 9.08. The summed E-state index contributed by atoms with van der Waals surface area (Å²) in [6.07, 6.45) is 2.50. The fourth-order valence-corrected chi connectivity index (χ4v) is 1.95. The van der Waals surface area contributed by atoms with Crippen LogP contribution in [0.1, 0.15) is 28.8 Å². The molecular weight excluding hydrogens is 218 g/mol. The monoisotopic (exact) mass is 235 g/mol.